The van der Waals surface area contributed by atoms with Crippen molar-refractivity contribution in [3.63, 3.8) is 0 Å². The van der Waals surface area contributed by atoms with E-state index >= 15 is 0 Å². The first kappa shape index (κ1) is 15.0. The molecule has 0 aliphatic carbocycles. The minimum absolute atomic E-state index is 0.000532. The van der Waals surface area contributed by atoms with E-state index in [1.165, 1.54) is 0 Å². The SMILES string of the molecule is CNC(c1ccc(C)c(Cl)c1)c1ncc(Br)cc1Br. The third-order valence-corrected chi connectivity index (χ3v) is 4.40. The van der Waals surface area contributed by atoms with Crippen LogP contribution in [0.2, 0.25) is 5.02 Å². The first-order valence-electron chi connectivity index (χ1n) is 5.77. The van der Waals surface area contributed by atoms with Crippen molar-refractivity contribution in [1.82, 2.24) is 10.3 Å². The standard InChI is InChI=1S/C14H13Br2ClN2/c1-8-3-4-9(5-12(8)17)13(18-2)14-11(16)6-10(15)7-19-14/h3-7,13,18H,1-2H3. The Morgan fingerprint density at radius 1 is 1.26 bits per heavy atom. The summed E-state index contributed by atoms with van der Waals surface area (Å²) in [6.45, 7) is 1.99. The Morgan fingerprint density at radius 3 is 2.58 bits per heavy atom. The average Bonchev–Trinajstić information content (AvgIpc) is 2.37. The second kappa shape index (κ2) is 6.35. The van der Waals surface area contributed by atoms with Crippen LogP contribution in [0.5, 0.6) is 0 Å². The van der Waals surface area contributed by atoms with Gasteiger partial charge >= 0.3 is 0 Å². The number of aryl methyl sites for hydroxylation is 1. The van der Waals surface area contributed by atoms with Crippen molar-refractivity contribution in [1.29, 1.82) is 0 Å². The fraction of sp³-hybridized carbons (Fsp3) is 0.214. The maximum Gasteiger partial charge on any atom is 0.0761 e. The molecule has 0 bridgehead atoms. The van der Waals surface area contributed by atoms with E-state index in [0.717, 1.165) is 30.8 Å². The van der Waals surface area contributed by atoms with Crippen LogP contribution in [0.3, 0.4) is 0 Å². The Bertz CT molecular complexity index is 602. The quantitative estimate of drug-likeness (QED) is 0.789. The summed E-state index contributed by atoms with van der Waals surface area (Å²) >= 11 is 13.2. The Kier molecular flexibility index (Phi) is 5.01. The molecule has 1 aromatic carbocycles. The number of pyridine rings is 1. The Morgan fingerprint density at radius 2 is 2.00 bits per heavy atom. The van der Waals surface area contributed by atoms with Crippen LogP contribution in [0.15, 0.2) is 39.4 Å². The number of benzene rings is 1. The summed E-state index contributed by atoms with van der Waals surface area (Å²) in [6, 6.07) is 8.06. The fourth-order valence-electron chi connectivity index (χ4n) is 1.89. The molecule has 0 aliphatic heterocycles. The van der Waals surface area contributed by atoms with Gasteiger partial charge in [-0.2, -0.15) is 0 Å². The molecule has 1 heterocycles. The number of nitrogens with zero attached hydrogens (tertiary/aromatic N) is 1. The highest BCUT2D eigenvalue weighted by atomic mass is 79.9. The lowest BCUT2D eigenvalue weighted by molar-refractivity contribution is 0.667. The summed E-state index contributed by atoms with van der Waals surface area (Å²) in [6.07, 6.45) is 1.79. The van der Waals surface area contributed by atoms with E-state index in [9.17, 15) is 0 Å². The van der Waals surface area contributed by atoms with E-state index in [-0.39, 0.29) is 6.04 Å². The molecule has 0 saturated heterocycles. The number of nitrogens with one attached hydrogen (secondary N) is 1. The minimum atomic E-state index is 0.000532. The molecule has 1 atom stereocenters. The number of aromatic nitrogens is 1. The van der Waals surface area contributed by atoms with Gasteiger partial charge in [-0.1, -0.05) is 23.7 Å². The van der Waals surface area contributed by atoms with Gasteiger partial charge in [0.15, 0.2) is 0 Å². The van der Waals surface area contributed by atoms with Gasteiger partial charge in [-0.05, 0) is 69.1 Å². The van der Waals surface area contributed by atoms with Crippen LogP contribution in [0.1, 0.15) is 22.9 Å². The lowest BCUT2D eigenvalue weighted by Gasteiger charge is -2.18. The molecule has 1 N–H and O–H groups in total. The topological polar surface area (TPSA) is 24.9 Å². The van der Waals surface area contributed by atoms with Crippen LogP contribution in [-0.4, -0.2) is 12.0 Å². The number of rotatable bonds is 3. The van der Waals surface area contributed by atoms with Gasteiger partial charge < -0.3 is 5.32 Å². The van der Waals surface area contributed by atoms with Crippen LogP contribution in [-0.2, 0) is 0 Å². The van der Waals surface area contributed by atoms with Crippen LogP contribution in [0, 0.1) is 6.92 Å². The van der Waals surface area contributed by atoms with Crippen molar-refractivity contribution in [3.05, 3.63) is 61.3 Å². The molecule has 2 nitrogen and oxygen atoms in total. The molecule has 19 heavy (non-hydrogen) atoms. The molecule has 2 aromatic rings. The van der Waals surface area contributed by atoms with E-state index < -0.39 is 0 Å². The Hall–Kier alpha value is -0.420. The smallest absolute Gasteiger partial charge is 0.0761 e. The molecule has 0 aliphatic rings. The van der Waals surface area contributed by atoms with Crippen LogP contribution < -0.4 is 5.32 Å². The van der Waals surface area contributed by atoms with Crippen LogP contribution >= 0.6 is 43.5 Å². The van der Waals surface area contributed by atoms with Gasteiger partial charge in [0.1, 0.15) is 0 Å². The van der Waals surface area contributed by atoms with Gasteiger partial charge in [0.2, 0.25) is 0 Å². The monoisotopic (exact) mass is 402 g/mol. The summed E-state index contributed by atoms with van der Waals surface area (Å²) in [7, 11) is 1.91. The van der Waals surface area contributed by atoms with Crippen molar-refractivity contribution in [2.24, 2.45) is 0 Å². The van der Waals surface area contributed by atoms with Gasteiger partial charge in [-0.25, -0.2) is 0 Å². The number of hydrogen-bond acceptors (Lipinski definition) is 2. The minimum Gasteiger partial charge on any atom is -0.308 e. The second-order valence-electron chi connectivity index (χ2n) is 4.25. The lowest BCUT2D eigenvalue weighted by Crippen LogP contribution is -2.19. The predicted octanol–water partition coefficient (Wildman–Crippen LogP) is 4.88. The largest absolute Gasteiger partial charge is 0.308 e. The first-order valence-corrected chi connectivity index (χ1v) is 7.73. The van der Waals surface area contributed by atoms with Crippen LogP contribution in [0.4, 0.5) is 0 Å². The zero-order chi connectivity index (χ0) is 14.0. The normalized spacial score (nSPS) is 12.5. The Balaban J connectivity index is 2.46. The van der Waals surface area contributed by atoms with Gasteiger partial charge in [-0.15, -0.1) is 0 Å². The van der Waals surface area contributed by atoms with Crippen molar-refractivity contribution in [2.75, 3.05) is 7.05 Å². The van der Waals surface area contributed by atoms with Crippen LogP contribution in [0.25, 0.3) is 0 Å². The maximum atomic E-state index is 6.20. The first-order chi connectivity index (χ1) is 9.02. The predicted molar refractivity (Wildman–Crippen MR) is 86.7 cm³/mol. The third kappa shape index (κ3) is 3.37. The van der Waals surface area contributed by atoms with E-state index in [1.807, 2.05) is 32.2 Å². The molecule has 0 fully saturated rings. The van der Waals surface area contributed by atoms with Crippen molar-refractivity contribution >= 4 is 43.5 Å². The van der Waals surface area contributed by atoms with E-state index in [0.29, 0.717) is 0 Å². The number of hydrogen-bond donors (Lipinski definition) is 1. The molecule has 0 saturated carbocycles. The Labute approximate surface area is 134 Å². The average molecular weight is 405 g/mol. The van der Waals surface area contributed by atoms with Crippen molar-refractivity contribution in [2.45, 2.75) is 13.0 Å². The van der Waals surface area contributed by atoms with Crippen molar-refractivity contribution in [3.8, 4) is 0 Å². The highest BCUT2D eigenvalue weighted by molar-refractivity contribution is 9.11. The second-order valence-corrected chi connectivity index (χ2v) is 6.43. The summed E-state index contributed by atoms with van der Waals surface area (Å²) in [5.74, 6) is 0. The maximum absolute atomic E-state index is 6.20. The highest BCUT2D eigenvalue weighted by Gasteiger charge is 2.17. The summed E-state index contributed by atoms with van der Waals surface area (Å²) in [5.41, 5.74) is 3.10. The molecule has 0 spiro atoms. The highest BCUT2D eigenvalue weighted by Crippen LogP contribution is 2.30. The zero-order valence-corrected chi connectivity index (χ0v) is 14.5. The summed E-state index contributed by atoms with van der Waals surface area (Å²) in [5, 5.41) is 4.04. The van der Waals surface area contributed by atoms with E-state index in [4.69, 9.17) is 11.6 Å². The molecule has 5 heteroatoms. The number of halogens is 3. The molecule has 0 radical (unpaired) electrons. The van der Waals surface area contributed by atoms with Gasteiger partial charge in [-0.3, -0.25) is 4.98 Å². The molecule has 1 aromatic heterocycles. The van der Waals surface area contributed by atoms with Gasteiger partial charge in [0.25, 0.3) is 0 Å². The lowest BCUT2D eigenvalue weighted by atomic mass is 10.0. The summed E-state index contributed by atoms with van der Waals surface area (Å²) < 4.78 is 1.90. The van der Waals surface area contributed by atoms with E-state index in [1.54, 1.807) is 6.20 Å². The van der Waals surface area contributed by atoms with Crippen molar-refractivity contribution < 1.29 is 0 Å². The van der Waals surface area contributed by atoms with Gasteiger partial charge in [0.05, 0.1) is 11.7 Å². The summed E-state index contributed by atoms with van der Waals surface area (Å²) in [4.78, 5) is 4.48. The molecule has 1 unspecified atom stereocenters. The molecule has 0 amide bonds. The van der Waals surface area contributed by atoms with E-state index in [2.05, 4.69) is 48.2 Å². The zero-order valence-electron chi connectivity index (χ0n) is 10.5. The molecular weight excluding hydrogens is 391 g/mol. The fourth-order valence-corrected chi connectivity index (χ4v) is 3.29. The molecular formula is C14H13Br2ClN2. The van der Waals surface area contributed by atoms with Gasteiger partial charge in [0, 0.05) is 20.2 Å². The third-order valence-electron chi connectivity index (χ3n) is 2.93. The molecule has 100 valence electrons. The molecule has 2 rings (SSSR count).